The Kier molecular flexibility index (Phi) is 2.50. The van der Waals surface area contributed by atoms with Gasteiger partial charge >= 0.3 is 0 Å². The molecule has 0 fully saturated rings. The summed E-state index contributed by atoms with van der Waals surface area (Å²) >= 11 is 0. The summed E-state index contributed by atoms with van der Waals surface area (Å²) in [6.45, 7) is 0. The number of aliphatic imine (C=N–C) groups is 3. The molecule has 0 saturated carbocycles. The third-order valence-corrected chi connectivity index (χ3v) is 1.62. The summed E-state index contributed by atoms with van der Waals surface area (Å²) in [6, 6.07) is 0.117. The van der Waals surface area contributed by atoms with Gasteiger partial charge in [0.1, 0.15) is 6.17 Å². The van der Waals surface area contributed by atoms with Crippen LogP contribution in [0.25, 0.3) is 0 Å². The number of nitrogens with zero attached hydrogens (tertiary/aromatic N) is 4. The molecule has 2 unspecified atom stereocenters. The maximum Gasteiger partial charge on any atom is 0.115 e. The second-order valence-electron chi connectivity index (χ2n) is 2.34. The van der Waals surface area contributed by atoms with Crippen molar-refractivity contribution in [2.75, 3.05) is 7.05 Å². The molecule has 2 aliphatic heterocycles. The number of rotatable bonds is 0. The van der Waals surface area contributed by atoms with Gasteiger partial charge in [0.15, 0.2) is 0 Å². The van der Waals surface area contributed by atoms with Gasteiger partial charge in [0, 0.05) is 26.5 Å². The minimum Gasteiger partial charge on any atom is -0.442 e. The van der Waals surface area contributed by atoms with Gasteiger partial charge in [-0.2, -0.15) is 0 Å². The first-order valence-electron chi connectivity index (χ1n) is 3.11. The Balaban J connectivity index is 0.000000605. The van der Waals surface area contributed by atoms with Gasteiger partial charge in [-0.25, -0.2) is 0 Å². The molecule has 2 aliphatic rings. The molecule has 0 N–H and O–H groups in total. The van der Waals surface area contributed by atoms with Crippen LogP contribution < -0.4 is 0 Å². The Labute approximate surface area is 77.9 Å². The summed E-state index contributed by atoms with van der Waals surface area (Å²) < 4.78 is 0. The summed E-state index contributed by atoms with van der Waals surface area (Å²) in [5.41, 5.74) is 0. The van der Waals surface area contributed by atoms with Gasteiger partial charge < -0.3 is 14.9 Å². The second-order valence-corrected chi connectivity index (χ2v) is 2.34. The van der Waals surface area contributed by atoms with Gasteiger partial charge in [0.05, 0.1) is 12.4 Å². The van der Waals surface area contributed by atoms with E-state index in [1.54, 1.807) is 12.6 Å². The zero-order chi connectivity index (χ0) is 6.97. The molecule has 0 saturated heterocycles. The predicted octanol–water partition coefficient (Wildman–Crippen LogP) is -0.358. The van der Waals surface area contributed by atoms with E-state index >= 15 is 0 Å². The summed E-state index contributed by atoms with van der Waals surface area (Å²) in [5.74, 6) is 0. The van der Waals surface area contributed by atoms with Crippen molar-refractivity contribution in [2.45, 2.75) is 12.2 Å². The van der Waals surface area contributed by atoms with Crippen molar-refractivity contribution in [3.63, 3.8) is 0 Å². The smallest absolute Gasteiger partial charge is 0.115 e. The van der Waals surface area contributed by atoms with Gasteiger partial charge in [0.25, 0.3) is 0 Å². The van der Waals surface area contributed by atoms with Gasteiger partial charge in [-0.1, -0.05) is 0 Å². The molecule has 5 heteroatoms. The van der Waals surface area contributed by atoms with Gasteiger partial charge in [-0.15, -0.1) is 6.21 Å². The topological polar surface area (TPSA) is 40.3 Å². The van der Waals surface area contributed by atoms with Gasteiger partial charge in [-0.3, -0.25) is 4.99 Å². The van der Waals surface area contributed by atoms with E-state index < -0.39 is 0 Å². The van der Waals surface area contributed by atoms with E-state index in [-0.39, 0.29) is 31.7 Å². The third-order valence-electron chi connectivity index (χ3n) is 1.62. The molecule has 2 rings (SSSR count). The minimum absolute atomic E-state index is 0. The summed E-state index contributed by atoms with van der Waals surface area (Å²) in [4.78, 5) is 13.9. The standard InChI is InChI=1S/C6H7N4.Rh/c1-10-4-9-5-2-7-3-8-6(5)10;/h2,4-6H,1H3;/q-1;. The molecule has 2 heterocycles. The zero-order valence-corrected chi connectivity index (χ0v) is 7.57. The van der Waals surface area contributed by atoms with E-state index in [9.17, 15) is 0 Å². The van der Waals surface area contributed by atoms with Gasteiger partial charge in [0.2, 0.25) is 0 Å². The quantitative estimate of drug-likeness (QED) is 0.419. The van der Waals surface area contributed by atoms with Crippen LogP contribution in [-0.2, 0) is 19.5 Å². The van der Waals surface area contributed by atoms with Crippen LogP contribution in [0.5, 0.6) is 0 Å². The number of hydrogen-bond acceptors (Lipinski definition) is 4. The fraction of sp³-hybridized carbons (Fsp3) is 0.500. The van der Waals surface area contributed by atoms with E-state index in [2.05, 4.69) is 21.3 Å². The molecule has 1 radical (unpaired) electrons. The maximum absolute atomic E-state index is 4.16. The Bertz CT molecular complexity index is 223. The van der Waals surface area contributed by atoms with Crippen LogP contribution in [-0.4, -0.2) is 43.0 Å². The first kappa shape index (κ1) is 8.53. The first-order chi connectivity index (χ1) is 4.88. The van der Waals surface area contributed by atoms with Crippen LogP contribution in [0.15, 0.2) is 15.0 Å². The van der Waals surface area contributed by atoms with Crippen molar-refractivity contribution in [3.05, 3.63) is 0 Å². The third kappa shape index (κ3) is 1.38. The second kappa shape index (κ2) is 3.22. The van der Waals surface area contributed by atoms with E-state index in [0.717, 1.165) is 0 Å². The van der Waals surface area contributed by atoms with Crippen molar-refractivity contribution in [1.29, 1.82) is 0 Å². The SMILES string of the molecule is CN1C=NC2C=N[C-]=NC21.[Rh]. The monoisotopic (exact) mass is 238 g/mol. The first-order valence-corrected chi connectivity index (χ1v) is 3.11. The van der Waals surface area contributed by atoms with E-state index in [1.807, 2.05) is 11.9 Å². The predicted molar refractivity (Wildman–Crippen MR) is 39.8 cm³/mol. The molecule has 61 valence electrons. The fourth-order valence-corrected chi connectivity index (χ4v) is 1.05. The van der Waals surface area contributed by atoms with Crippen LogP contribution in [0.1, 0.15) is 0 Å². The molecule has 0 aromatic rings. The Morgan fingerprint density at radius 3 is 3.09 bits per heavy atom. The molecule has 0 aromatic carbocycles. The Morgan fingerprint density at radius 1 is 1.55 bits per heavy atom. The average molecular weight is 238 g/mol. The molecular formula is C6H7N4Rh-. The summed E-state index contributed by atoms with van der Waals surface area (Å²) in [5, 5.41) is 0. The van der Waals surface area contributed by atoms with Crippen LogP contribution in [0.3, 0.4) is 0 Å². The Morgan fingerprint density at radius 2 is 2.36 bits per heavy atom. The van der Waals surface area contributed by atoms with Gasteiger partial charge in [-0.05, 0) is 6.34 Å². The molecule has 0 bridgehead atoms. The molecule has 0 spiro atoms. The van der Waals surface area contributed by atoms with Crippen molar-refractivity contribution < 1.29 is 19.5 Å². The minimum atomic E-state index is 0. The molecule has 0 aromatic heterocycles. The zero-order valence-electron chi connectivity index (χ0n) is 5.93. The van der Waals surface area contributed by atoms with E-state index in [0.29, 0.717) is 0 Å². The van der Waals surface area contributed by atoms with Crippen LogP contribution >= 0.6 is 0 Å². The van der Waals surface area contributed by atoms with Crippen molar-refractivity contribution >= 4 is 18.9 Å². The summed E-state index contributed by atoms with van der Waals surface area (Å²) in [7, 11) is 1.94. The fourth-order valence-electron chi connectivity index (χ4n) is 1.05. The molecular weight excluding hydrogens is 231 g/mol. The molecule has 11 heavy (non-hydrogen) atoms. The van der Waals surface area contributed by atoms with E-state index in [4.69, 9.17) is 0 Å². The largest absolute Gasteiger partial charge is 0.442 e. The number of likely N-dealkylation sites (N-methyl/N-ethyl adjacent to an activating group) is 1. The van der Waals surface area contributed by atoms with E-state index in [1.165, 1.54) is 0 Å². The normalized spacial score (nSPS) is 31.9. The average Bonchev–Trinajstić information content (AvgIpc) is 2.34. The van der Waals surface area contributed by atoms with Crippen molar-refractivity contribution in [2.24, 2.45) is 15.0 Å². The summed E-state index contributed by atoms with van der Waals surface area (Å²) in [6.07, 6.45) is 6.21. The Hall–Kier alpha value is -0.567. The van der Waals surface area contributed by atoms with Crippen LogP contribution in [0, 0.1) is 0 Å². The van der Waals surface area contributed by atoms with Crippen LogP contribution in [0.2, 0.25) is 0 Å². The molecule has 0 amide bonds. The molecule has 0 aliphatic carbocycles. The van der Waals surface area contributed by atoms with Crippen molar-refractivity contribution in [1.82, 2.24) is 4.90 Å². The van der Waals surface area contributed by atoms with Crippen LogP contribution in [0.4, 0.5) is 0 Å². The number of fused-ring (bicyclic) bond motifs is 1. The van der Waals surface area contributed by atoms with Crippen molar-refractivity contribution in [3.8, 4) is 0 Å². The maximum atomic E-state index is 4.16. The number of hydrogen-bond donors (Lipinski definition) is 0. The molecule has 4 nitrogen and oxygen atoms in total. The molecule has 2 atom stereocenters.